The number of allylic oxidation sites excluding steroid dienone is 1. The molecule has 1 N–H and O–H groups in total. The van der Waals surface area contributed by atoms with Gasteiger partial charge in [-0.1, -0.05) is 19.1 Å². The summed E-state index contributed by atoms with van der Waals surface area (Å²) in [4.78, 5) is 16.3. The number of anilines is 1. The molecule has 4 heteroatoms. The van der Waals surface area contributed by atoms with E-state index >= 15 is 0 Å². The minimum absolute atomic E-state index is 0.102. The van der Waals surface area contributed by atoms with E-state index in [4.69, 9.17) is 4.74 Å². The lowest BCUT2D eigenvalue weighted by molar-refractivity contribution is -0.112. The molecule has 120 valence electrons. The maximum absolute atomic E-state index is 12.1. The lowest BCUT2D eigenvalue weighted by Crippen LogP contribution is -2.12. The average molecular weight is 310 g/mol. The number of pyridine rings is 1. The number of benzene rings is 1. The van der Waals surface area contributed by atoms with Gasteiger partial charge in [0.1, 0.15) is 5.75 Å². The summed E-state index contributed by atoms with van der Waals surface area (Å²) in [5.41, 5.74) is 3.47. The van der Waals surface area contributed by atoms with E-state index in [0.717, 1.165) is 17.5 Å². The third kappa shape index (κ3) is 4.68. The first-order valence-electron chi connectivity index (χ1n) is 7.69. The molecule has 0 aliphatic carbocycles. The monoisotopic (exact) mass is 310 g/mol. The Labute approximate surface area is 137 Å². The Bertz CT molecular complexity index is 736. The predicted molar refractivity (Wildman–Crippen MR) is 92.9 cm³/mol. The van der Waals surface area contributed by atoms with Crippen LogP contribution in [0.15, 0.2) is 48.2 Å². The Morgan fingerprint density at radius 3 is 2.74 bits per heavy atom. The summed E-state index contributed by atoms with van der Waals surface area (Å²) in [5, 5.41) is 2.88. The minimum atomic E-state index is -0.102. The number of amides is 1. The summed E-state index contributed by atoms with van der Waals surface area (Å²) in [6, 6.07) is 9.39. The van der Waals surface area contributed by atoms with Crippen LogP contribution in [0.1, 0.15) is 31.4 Å². The Hall–Kier alpha value is -2.62. The van der Waals surface area contributed by atoms with Crippen molar-refractivity contribution in [2.75, 3.05) is 5.32 Å². The van der Waals surface area contributed by atoms with Gasteiger partial charge in [-0.3, -0.25) is 4.79 Å². The van der Waals surface area contributed by atoms with Gasteiger partial charge in [0.15, 0.2) is 0 Å². The van der Waals surface area contributed by atoms with E-state index in [1.165, 1.54) is 0 Å². The number of ether oxygens (including phenoxy) is 1. The van der Waals surface area contributed by atoms with Gasteiger partial charge in [-0.25, -0.2) is 4.98 Å². The van der Waals surface area contributed by atoms with Crippen LogP contribution >= 0.6 is 0 Å². The van der Waals surface area contributed by atoms with Crippen LogP contribution < -0.4 is 10.1 Å². The third-order valence-electron chi connectivity index (χ3n) is 3.42. The van der Waals surface area contributed by atoms with Crippen LogP contribution in [0, 0.1) is 13.8 Å². The van der Waals surface area contributed by atoms with Crippen molar-refractivity contribution in [2.45, 2.75) is 34.1 Å². The Balaban J connectivity index is 2.19. The second-order valence-electron chi connectivity index (χ2n) is 5.50. The SMILES string of the molecule is CC/C=C(/C)C(=O)Nc1ccc(C)c(Oc2cc(C)ccn2)c1. The molecule has 0 unspecified atom stereocenters. The number of carbonyl (C=O) groups excluding carboxylic acids is 1. The topological polar surface area (TPSA) is 51.2 Å². The zero-order chi connectivity index (χ0) is 16.8. The standard InChI is InChI=1S/C19H22N2O2/c1-5-6-15(4)19(22)21-16-8-7-14(3)17(12-16)23-18-11-13(2)9-10-20-18/h6-12H,5H2,1-4H3,(H,21,22)/b15-6-. The predicted octanol–water partition coefficient (Wildman–Crippen LogP) is 4.79. The molecule has 0 fully saturated rings. The molecule has 1 amide bonds. The summed E-state index contributed by atoms with van der Waals surface area (Å²) in [5.74, 6) is 1.12. The molecule has 2 aromatic rings. The summed E-state index contributed by atoms with van der Waals surface area (Å²) in [6.07, 6.45) is 4.45. The summed E-state index contributed by atoms with van der Waals surface area (Å²) >= 11 is 0. The first-order chi connectivity index (χ1) is 11.0. The Morgan fingerprint density at radius 2 is 2.04 bits per heavy atom. The van der Waals surface area contributed by atoms with E-state index in [2.05, 4.69) is 10.3 Å². The van der Waals surface area contributed by atoms with E-state index in [1.807, 2.05) is 57.2 Å². The first-order valence-corrected chi connectivity index (χ1v) is 7.69. The number of hydrogen-bond donors (Lipinski definition) is 1. The lowest BCUT2D eigenvalue weighted by Gasteiger charge is -2.11. The minimum Gasteiger partial charge on any atom is -0.439 e. The van der Waals surface area contributed by atoms with Crippen LogP contribution in [0.25, 0.3) is 0 Å². The fraction of sp³-hybridized carbons (Fsp3) is 0.263. The molecule has 0 bridgehead atoms. The second kappa shape index (κ2) is 7.58. The van der Waals surface area contributed by atoms with Crippen molar-refractivity contribution < 1.29 is 9.53 Å². The molecule has 0 aliphatic rings. The lowest BCUT2D eigenvalue weighted by atomic mass is 10.2. The highest BCUT2D eigenvalue weighted by atomic mass is 16.5. The van der Waals surface area contributed by atoms with Gasteiger partial charge in [-0.15, -0.1) is 0 Å². The molecule has 0 aliphatic heterocycles. The Morgan fingerprint density at radius 1 is 1.26 bits per heavy atom. The molecule has 0 saturated heterocycles. The van der Waals surface area contributed by atoms with Crippen LogP contribution in [0.4, 0.5) is 5.69 Å². The molecule has 2 rings (SSSR count). The molecule has 0 atom stereocenters. The van der Waals surface area contributed by atoms with Crippen LogP contribution in [0.3, 0.4) is 0 Å². The van der Waals surface area contributed by atoms with Gasteiger partial charge >= 0.3 is 0 Å². The summed E-state index contributed by atoms with van der Waals surface area (Å²) < 4.78 is 5.84. The number of hydrogen-bond acceptors (Lipinski definition) is 3. The molecule has 1 aromatic carbocycles. The zero-order valence-electron chi connectivity index (χ0n) is 14.0. The van der Waals surface area contributed by atoms with Gasteiger partial charge in [-0.2, -0.15) is 0 Å². The van der Waals surface area contributed by atoms with Gasteiger partial charge in [0.05, 0.1) is 0 Å². The quantitative estimate of drug-likeness (QED) is 0.808. The van der Waals surface area contributed by atoms with E-state index in [9.17, 15) is 4.79 Å². The van der Waals surface area contributed by atoms with Crippen molar-refractivity contribution in [2.24, 2.45) is 0 Å². The number of aromatic nitrogens is 1. The van der Waals surface area contributed by atoms with Crippen molar-refractivity contribution in [3.8, 4) is 11.6 Å². The Kier molecular flexibility index (Phi) is 5.52. The summed E-state index contributed by atoms with van der Waals surface area (Å²) in [6.45, 7) is 7.75. The normalized spacial score (nSPS) is 11.2. The van der Waals surface area contributed by atoms with Crippen molar-refractivity contribution in [1.82, 2.24) is 4.98 Å². The first kappa shape index (κ1) is 16.7. The van der Waals surface area contributed by atoms with Crippen LogP contribution in [-0.2, 0) is 4.79 Å². The molecule has 0 spiro atoms. The van der Waals surface area contributed by atoms with Gasteiger partial charge in [0.25, 0.3) is 5.91 Å². The molecule has 1 aromatic heterocycles. The van der Waals surface area contributed by atoms with Gasteiger partial charge in [-0.05, 0) is 50.5 Å². The fourth-order valence-electron chi connectivity index (χ4n) is 2.09. The molecule has 4 nitrogen and oxygen atoms in total. The highest BCUT2D eigenvalue weighted by Gasteiger charge is 2.08. The maximum atomic E-state index is 12.1. The van der Waals surface area contributed by atoms with Gasteiger partial charge < -0.3 is 10.1 Å². The molecule has 23 heavy (non-hydrogen) atoms. The van der Waals surface area contributed by atoms with Crippen LogP contribution in [0.5, 0.6) is 11.6 Å². The number of nitrogens with one attached hydrogen (secondary N) is 1. The number of carbonyl (C=O) groups is 1. The van der Waals surface area contributed by atoms with E-state index in [1.54, 1.807) is 13.1 Å². The smallest absolute Gasteiger partial charge is 0.250 e. The van der Waals surface area contributed by atoms with E-state index < -0.39 is 0 Å². The van der Waals surface area contributed by atoms with Crippen molar-refractivity contribution >= 4 is 11.6 Å². The van der Waals surface area contributed by atoms with Crippen molar-refractivity contribution in [1.29, 1.82) is 0 Å². The molecule has 1 heterocycles. The molecule has 0 saturated carbocycles. The van der Waals surface area contributed by atoms with Crippen LogP contribution in [-0.4, -0.2) is 10.9 Å². The highest BCUT2D eigenvalue weighted by molar-refractivity contribution is 6.03. The van der Waals surface area contributed by atoms with Crippen molar-refractivity contribution in [3.05, 3.63) is 59.3 Å². The molecular weight excluding hydrogens is 288 g/mol. The summed E-state index contributed by atoms with van der Waals surface area (Å²) in [7, 11) is 0. The zero-order valence-corrected chi connectivity index (χ0v) is 14.0. The van der Waals surface area contributed by atoms with Gasteiger partial charge in [0.2, 0.25) is 5.88 Å². The van der Waals surface area contributed by atoms with Crippen molar-refractivity contribution in [3.63, 3.8) is 0 Å². The van der Waals surface area contributed by atoms with E-state index in [-0.39, 0.29) is 5.91 Å². The fourth-order valence-corrected chi connectivity index (χ4v) is 2.09. The molecule has 0 radical (unpaired) electrons. The maximum Gasteiger partial charge on any atom is 0.250 e. The number of rotatable bonds is 5. The largest absolute Gasteiger partial charge is 0.439 e. The number of nitrogens with zero attached hydrogens (tertiary/aromatic N) is 1. The number of aryl methyl sites for hydroxylation is 2. The second-order valence-corrected chi connectivity index (χ2v) is 5.50. The highest BCUT2D eigenvalue weighted by Crippen LogP contribution is 2.27. The third-order valence-corrected chi connectivity index (χ3v) is 3.42. The average Bonchev–Trinajstić information content (AvgIpc) is 2.51. The van der Waals surface area contributed by atoms with Crippen LogP contribution in [0.2, 0.25) is 0 Å². The van der Waals surface area contributed by atoms with E-state index in [0.29, 0.717) is 22.9 Å². The molecular formula is C19H22N2O2. The van der Waals surface area contributed by atoms with Gasteiger partial charge in [0, 0.05) is 29.6 Å².